The molecule has 0 aliphatic carbocycles. The van der Waals surface area contributed by atoms with Crippen LogP contribution in [-0.4, -0.2) is 15.0 Å². The molecule has 1 aromatic heterocycles. The van der Waals surface area contributed by atoms with Crippen molar-refractivity contribution in [2.45, 2.75) is 39.7 Å². The minimum absolute atomic E-state index is 0.799. The van der Waals surface area contributed by atoms with E-state index < -0.39 is 0 Å². The molecular weight excluding hydrogens is 198 g/mol. The fourth-order valence-corrected chi connectivity index (χ4v) is 1.90. The summed E-state index contributed by atoms with van der Waals surface area (Å²) < 4.78 is 2.01. The molecule has 0 amide bonds. The van der Waals surface area contributed by atoms with Crippen LogP contribution in [0.25, 0.3) is 11.0 Å². The zero-order valence-electron chi connectivity index (χ0n) is 10.1. The van der Waals surface area contributed by atoms with E-state index in [9.17, 15) is 0 Å². The summed E-state index contributed by atoms with van der Waals surface area (Å²) in [5.74, 6) is 0.799. The molecule has 0 bridgehead atoms. The van der Waals surface area contributed by atoms with Gasteiger partial charge in [0.05, 0.1) is 5.52 Å². The van der Waals surface area contributed by atoms with E-state index in [1.54, 1.807) is 0 Å². The molecule has 3 nitrogen and oxygen atoms in total. The molecule has 0 saturated heterocycles. The average molecular weight is 217 g/mol. The third-order valence-electron chi connectivity index (χ3n) is 2.82. The van der Waals surface area contributed by atoms with Gasteiger partial charge in [-0.3, -0.25) is 0 Å². The number of unbranched alkanes of at least 4 members (excludes halogenated alkanes) is 1. The molecule has 2 aromatic rings. The summed E-state index contributed by atoms with van der Waals surface area (Å²) >= 11 is 0. The molecule has 86 valence electrons. The van der Waals surface area contributed by atoms with Crippen LogP contribution < -0.4 is 0 Å². The number of aryl methyl sites for hydroxylation is 1. The van der Waals surface area contributed by atoms with Crippen molar-refractivity contribution in [2.24, 2.45) is 5.92 Å². The van der Waals surface area contributed by atoms with Crippen molar-refractivity contribution < 1.29 is 0 Å². The van der Waals surface area contributed by atoms with Crippen molar-refractivity contribution in [1.82, 2.24) is 15.0 Å². The Morgan fingerprint density at radius 3 is 2.81 bits per heavy atom. The van der Waals surface area contributed by atoms with Gasteiger partial charge in [0.25, 0.3) is 0 Å². The van der Waals surface area contributed by atoms with Crippen molar-refractivity contribution in [1.29, 1.82) is 0 Å². The van der Waals surface area contributed by atoms with Crippen LogP contribution in [0.3, 0.4) is 0 Å². The number of benzene rings is 1. The van der Waals surface area contributed by atoms with Crippen LogP contribution in [0.15, 0.2) is 24.3 Å². The maximum Gasteiger partial charge on any atom is 0.113 e. The lowest BCUT2D eigenvalue weighted by atomic mass is 10.1. The van der Waals surface area contributed by atoms with Gasteiger partial charge in [0.1, 0.15) is 5.52 Å². The lowest BCUT2D eigenvalue weighted by Gasteiger charge is -2.04. The molecule has 1 heterocycles. The smallest absolute Gasteiger partial charge is 0.113 e. The Labute approximate surface area is 96.5 Å². The van der Waals surface area contributed by atoms with E-state index in [4.69, 9.17) is 0 Å². The molecule has 2 rings (SSSR count). The second kappa shape index (κ2) is 5.10. The molecule has 0 aliphatic heterocycles. The van der Waals surface area contributed by atoms with Gasteiger partial charge in [-0.2, -0.15) is 0 Å². The first-order valence-corrected chi connectivity index (χ1v) is 6.05. The van der Waals surface area contributed by atoms with Crippen LogP contribution in [0.2, 0.25) is 0 Å². The zero-order valence-corrected chi connectivity index (χ0v) is 10.1. The average Bonchev–Trinajstić information content (AvgIpc) is 2.68. The first-order chi connectivity index (χ1) is 7.77. The Morgan fingerprint density at radius 2 is 2.00 bits per heavy atom. The molecule has 0 unspecified atom stereocenters. The molecule has 0 aliphatic rings. The van der Waals surface area contributed by atoms with Gasteiger partial charge in [-0.05, 0) is 24.5 Å². The van der Waals surface area contributed by atoms with E-state index in [0.717, 1.165) is 23.5 Å². The standard InChI is InChI=1S/C13H19N3/c1-11(2)7-5-6-10-16-13-9-4-3-8-12(13)14-15-16/h3-4,8-9,11H,5-7,10H2,1-2H3. The molecular formula is C13H19N3. The maximum absolute atomic E-state index is 4.18. The number of rotatable bonds is 5. The highest BCUT2D eigenvalue weighted by Crippen LogP contribution is 2.12. The molecule has 0 N–H and O–H groups in total. The Balaban J connectivity index is 1.94. The highest BCUT2D eigenvalue weighted by Gasteiger charge is 2.02. The predicted molar refractivity (Wildman–Crippen MR) is 66.2 cm³/mol. The molecule has 0 saturated carbocycles. The van der Waals surface area contributed by atoms with Crippen molar-refractivity contribution >= 4 is 11.0 Å². The Hall–Kier alpha value is -1.38. The van der Waals surface area contributed by atoms with Crippen LogP contribution in [0, 0.1) is 5.92 Å². The fourth-order valence-electron chi connectivity index (χ4n) is 1.90. The molecule has 16 heavy (non-hydrogen) atoms. The Bertz CT molecular complexity index is 445. The van der Waals surface area contributed by atoms with Crippen LogP contribution in [0.1, 0.15) is 33.1 Å². The lowest BCUT2D eigenvalue weighted by molar-refractivity contribution is 0.491. The minimum atomic E-state index is 0.799. The molecule has 1 aromatic carbocycles. The lowest BCUT2D eigenvalue weighted by Crippen LogP contribution is -2.00. The largest absolute Gasteiger partial charge is 0.245 e. The second-order valence-corrected chi connectivity index (χ2v) is 4.69. The van der Waals surface area contributed by atoms with E-state index in [0.29, 0.717) is 0 Å². The summed E-state index contributed by atoms with van der Waals surface area (Å²) in [6.07, 6.45) is 3.75. The van der Waals surface area contributed by atoms with E-state index in [-0.39, 0.29) is 0 Å². The summed E-state index contributed by atoms with van der Waals surface area (Å²) in [5.41, 5.74) is 2.14. The quantitative estimate of drug-likeness (QED) is 0.720. The van der Waals surface area contributed by atoms with E-state index in [2.05, 4.69) is 30.2 Å². The van der Waals surface area contributed by atoms with Crippen molar-refractivity contribution in [2.75, 3.05) is 0 Å². The third kappa shape index (κ3) is 2.60. The SMILES string of the molecule is CC(C)CCCCn1nnc2ccccc21. The zero-order chi connectivity index (χ0) is 11.4. The van der Waals surface area contributed by atoms with Gasteiger partial charge in [-0.1, -0.05) is 44.0 Å². The van der Waals surface area contributed by atoms with Gasteiger partial charge in [0, 0.05) is 6.54 Å². The van der Waals surface area contributed by atoms with E-state index >= 15 is 0 Å². The predicted octanol–water partition coefficient (Wildman–Crippen LogP) is 3.26. The van der Waals surface area contributed by atoms with Gasteiger partial charge in [0.15, 0.2) is 0 Å². The summed E-state index contributed by atoms with van der Waals surface area (Å²) in [6, 6.07) is 8.13. The molecule has 0 radical (unpaired) electrons. The normalized spacial score (nSPS) is 11.4. The minimum Gasteiger partial charge on any atom is -0.245 e. The fraction of sp³-hybridized carbons (Fsp3) is 0.538. The molecule has 0 spiro atoms. The number of hydrogen-bond acceptors (Lipinski definition) is 2. The van der Waals surface area contributed by atoms with Crippen molar-refractivity contribution in [3.8, 4) is 0 Å². The Kier molecular flexibility index (Phi) is 3.54. The maximum atomic E-state index is 4.18. The van der Waals surface area contributed by atoms with Gasteiger partial charge < -0.3 is 0 Å². The van der Waals surface area contributed by atoms with Crippen LogP contribution in [0.4, 0.5) is 0 Å². The second-order valence-electron chi connectivity index (χ2n) is 4.69. The van der Waals surface area contributed by atoms with Crippen molar-refractivity contribution in [3.63, 3.8) is 0 Å². The molecule has 0 atom stereocenters. The highest BCUT2D eigenvalue weighted by molar-refractivity contribution is 5.73. The summed E-state index contributed by atoms with van der Waals surface area (Å²) in [5, 5.41) is 8.32. The first-order valence-electron chi connectivity index (χ1n) is 6.05. The molecule has 3 heteroatoms. The monoisotopic (exact) mass is 217 g/mol. The van der Waals surface area contributed by atoms with Gasteiger partial charge in [0.2, 0.25) is 0 Å². The summed E-state index contributed by atoms with van der Waals surface area (Å²) in [4.78, 5) is 0. The third-order valence-corrected chi connectivity index (χ3v) is 2.82. The number of fused-ring (bicyclic) bond motifs is 1. The summed E-state index contributed by atoms with van der Waals surface area (Å²) in [6.45, 7) is 5.52. The highest BCUT2D eigenvalue weighted by atomic mass is 15.4. The van der Waals surface area contributed by atoms with Crippen molar-refractivity contribution in [3.05, 3.63) is 24.3 Å². The first kappa shape index (κ1) is 11.1. The van der Waals surface area contributed by atoms with Crippen LogP contribution in [0.5, 0.6) is 0 Å². The number of hydrogen-bond donors (Lipinski definition) is 0. The van der Waals surface area contributed by atoms with Crippen LogP contribution >= 0.6 is 0 Å². The van der Waals surface area contributed by atoms with Gasteiger partial charge in [-0.25, -0.2) is 4.68 Å². The van der Waals surface area contributed by atoms with Gasteiger partial charge in [-0.15, -0.1) is 5.10 Å². The number of aromatic nitrogens is 3. The van der Waals surface area contributed by atoms with E-state index in [1.165, 1.54) is 19.3 Å². The number of nitrogens with zero attached hydrogens (tertiary/aromatic N) is 3. The topological polar surface area (TPSA) is 30.7 Å². The van der Waals surface area contributed by atoms with Crippen LogP contribution in [-0.2, 0) is 6.54 Å². The molecule has 0 fully saturated rings. The number of para-hydroxylation sites is 1. The van der Waals surface area contributed by atoms with E-state index in [1.807, 2.05) is 22.9 Å². The Morgan fingerprint density at radius 1 is 1.19 bits per heavy atom. The van der Waals surface area contributed by atoms with Gasteiger partial charge >= 0.3 is 0 Å². The summed E-state index contributed by atoms with van der Waals surface area (Å²) in [7, 11) is 0.